The number of alkyl halides is 3. The van der Waals surface area contributed by atoms with Gasteiger partial charge in [0.15, 0.2) is 5.03 Å². The van der Waals surface area contributed by atoms with Crippen LogP contribution in [0.4, 0.5) is 13.2 Å². The fourth-order valence-corrected chi connectivity index (χ4v) is 5.83. The molecule has 0 spiro atoms. The molecule has 1 aliphatic heterocycles. The molecule has 2 heterocycles. The molecule has 8 nitrogen and oxygen atoms in total. The smallest absolute Gasteiger partial charge is 0.337 e. The van der Waals surface area contributed by atoms with E-state index in [-0.39, 0.29) is 31.2 Å². The molecule has 0 aliphatic carbocycles. The number of rotatable bonds is 4. The lowest BCUT2D eigenvalue weighted by atomic mass is 10.2. The molecule has 3 rings (SSSR count). The van der Waals surface area contributed by atoms with Crippen molar-refractivity contribution in [1.82, 2.24) is 18.2 Å². The van der Waals surface area contributed by atoms with Crippen LogP contribution in [0.1, 0.15) is 11.4 Å². The zero-order chi connectivity index (χ0) is 21.6. The Morgan fingerprint density at radius 2 is 1.52 bits per heavy atom. The van der Waals surface area contributed by atoms with Gasteiger partial charge in [0, 0.05) is 39.4 Å². The first-order chi connectivity index (χ1) is 13.3. The number of aryl methyl sites for hydroxylation is 2. The monoisotopic (exact) mass is 452 g/mol. The number of sulfonamides is 2. The molecule has 0 saturated carbocycles. The van der Waals surface area contributed by atoms with Crippen molar-refractivity contribution in [3.05, 3.63) is 41.9 Å². The van der Waals surface area contributed by atoms with Gasteiger partial charge in [-0.2, -0.15) is 21.8 Å². The molecule has 1 fully saturated rings. The first-order valence-corrected chi connectivity index (χ1v) is 11.4. The van der Waals surface area contributed by atoms with Crippen LogP contribution in [0, 0.1) is 6.92 Å². The lowest BCUT2D eigenvalue weighted by Gasteiger charge is -2.32. The van der Waals surface area contributed by atoms with Crippen LogP contribution in [-0.4, -0.2) is 61.2 Å². The summed E-state index contributed by atoms with van der Waals surface area (Å²) in [5, 5.41) is -0.133. The Kier molecular flexibility index (Phi) is 5.53. The minimum Gasteiger partial charge on any atom is -0.337 e. The molecular formula is C16H19F3N4O4S2. The molecular weight excluding hydrogens is 433 g/mol. The van der Waals surface area contributed by atoms with E-state index in [9.17, 15) is 30.0 Å². The minimum atomic E-state index is -4.67. The Labute approximate surface area is 166 Å². The van der Waals surface area contributed by atoms with Gasteiger partial charge in [-0.3, -0.25) is 0 Å². The van der Waals surface area contributed by atoms with E-state index in [0.717, 1.165) is 26.8 Å². The summed E-state index contributed by atoms with van der Waals surface area (Å²) in [7, 11) is -6.43. The zero-order valence-corrected chi connectivity index (χ0v) is 17.2. The molecule has 1 aromatic carbocycles. The van der Waals surface area contributed by atoms with E-state index in [2.05, 4.69) is 4.98 Å². The van der Waals surface area contributed by atoms with Crippen LogP contribution < -0.4 is 0 Å². The lowest BCUT2D eigenvalue weighted by Crippen LogP contribution is -2.50. The van der Waals surface area contributed by atoms with Crippen LogP contribution >= 0.6 is 0 Å². The second-order valence-corrected chi connectivity index (χ2v) is 10.4. The van der Waals surface area contributed by atoms with Crippen molar-refractivity contribution in [3.8, 4) is 0 Å². The van der Waals surface area contributed by atoms with Crippen LogP contribution in [0.15, 0.2) is 40.4 Å². The van der Waals surface area contributed by atoms with Crippen molar-refractivity contribution < 1.29 is 30.0 Å². The van der Waals surface area contributed by atoms with E-state index in [1.54, 1.807) is 18.5 Å². The second kappa shape index (κ2) is 7.38. The van der Waals surface area contributed by atoms with E-state index in [0.29, 0.717) is 11.9 Å². The van der Waals surface area contributed by atoms with E-state index in [4.69, 9.17) is 0 Å². The summed E-state index contributed by atoms with van der Waals surface area (Å²) in [5.41, 5.74) is -1.06. The summed E-state index contributed by atoms with van der Waals surface area (Å²) >= 11 is 0. The molecule has 0 bridgehead atoms. The highest BCUT2D eigenvalue weighted by Crippen LogP contribution is 2.31. The number of nitrogens with zero attached hydrogens (tertiary/aromatic N) is 4. The van der Waals surface area contributed by atoms with Gasteiger partial charge in [-0.05, 0) is 25.1 Å². The van der Waals surface area contributed by atoms with Gasteiger partial charge in [0.05, 0.1) is 10.5 Å². The minimum absolute atomic E-state index is 0.129. The van der Waals surface area contributed by atoms with Crippen molar-refractivity contribution in [2.24, 2.45) is 7.05 Å². The van der Waals surface area contributed by atoms with Gasteiger partial charge >= 0.3 is 6.18 Å². The second-order valence-electron chi connectivity index (χ2n) is 6.57. The van der Waals surface area contributed by atoms with Crippen molar-refractivity contribution in [2.45, 2.75) is 23.0 Å². The molecule has 1 aliphatic rings. The Morgan fingerprint density at radius 1 is 0.966 bits per heavy atom. The summed E-state index contributed by atoms with van der Waals surface area (Å²) in [6.07, 6.45) is -3.30. The summed E-state index contributed by atoms with van der Waals surface area (Å²) < 4.78 is 93.1. The Hall–Kier alpha value is -1.96. The van der Waals surface area contributed by atoms with E-state index in [1.165, 1.54) is 6.20 Å². The predicted molar refractivity (Wildman–Crippen MR) is 96.9 cm³/mol. The van der Waals surface area contributed by atoms with Gasteiger partial charge in [0.2, 0.25) is 10.0 Å². The van der Waals surface area contributed by atoms with Crippen LogP contribution in [0.3, 0.4) is 0 Å². The first-order valence-electron chi connectivity index (χ1n) is 8.51. The third-order valence-electron chi connectivity index (χ3n) is 4.69. The normalized spacial score (nSPS) is 17.6. The first kappa shape index (κ1) is 21.7. The Balaban J connectivity index is 1.78. The Bertz CT molecular complexity index is 1100. The Morgan fingerprint density at radius 3 is 2.00 bits per heavy atom. The summed E-state index contributed by atoms with van der Waals surface area (Å²) in [4.78, 5) is 3.52. The highest BCUT2D eigenvalue weighted by molar-refractivity contribution is 7.89. The van der Waals surface area contributed by atoms with Gasteiger partial charge in [-0.1, -0.05) is 6.07 Å². The lowest BCUT2D eigenvalue weighted by molar-refractivity contribution is -0.137. The molecule has 13 heteroatoms. The molecule has 0 amide bonds. The molecule has 0 atom stereocenters. The largest absolute Gasteiger partial charge is 0.416 e. The van der Waals surface area contributed by atoms with Gasteiger partial charge in [0.25, 0.3) is 10.0 Å². The zero-order valence-electron chi connectivity index (χ0n) is 15.6. The number of piperazine rings is 1. The number of hydrogen-bond donors (Lipinski definition) is 0. The van der Waals surface area contributed by atoms with Gasteiger partial charge in [0.1, 0.15) is 5.82 Å². The number of imidazole rings is 1. The summed E-state index contributed by atoms with van der Waals surface area (Å²) in [6.45, 7) is 1.04. The average Bonchev–Trinajstić information content (AvgIpc) is 3.01. The molecule has 2 aromatic rings. The summed E-state index contributed by atoms with van der Waals surface area (Å²) in [5.74, 6) is 0.509. The SMILES string of the molecule is Cc1nc(S(=O)(=O)N2CCN(S(=O)(=O)c3cccc(C(F)(F)F)c3)CC2)cn1C. The fourth-order valence-electron chi connectivity index (χ4n) is 2.92. The van der Waals surface area contributed by atoms with Crippen molar-refractivity contribution >= 4 is 20.0 Å². The van der Waals surface area contributed by atoms with Gasteiger partial charge in [-0.25, -0.2) is 21.8 Å². The number of aromatic nitrogens is 2. The van der Waals surface area contributed by atoms with Crippen LogP contribution in [0.2, 0.25) is 0 Å². The maximum Gasteiger partial charge on any atom is 0.416 e. The number of benzene rings is 1. The van der Waals surface area contributed by atoms with Gasteiger partial charge in [-0.15, -0.1) is 0 Å². The number of hydrogen-bond acceptors (Lipinski definition) is 5. The maximum absolute atomic E-state index is 12.9. The molecule has 0 unspecified atom stereocenters. The third-order valence-corrected chi connectivity index (χ3v) is 8.35. The quantitative estimate of drug-likeness (QED) is 0.700. The van der Waals surface area contributed by atoms with E-state index in [1.807, 2.05) is 0 Å². The highest BCUT2D eigenvalue weighted by Gasteiger charge is 2.36. The van der Waals surface area contributed by atoms with Crippen LogP contribution in [-0.2, 0) is 33.3 Å². The fraction of sp³-hybridized carbons (Fsp3) is 0.438. The highest BCUT2D eigenvalue weighted by atomic mass is 32.2. The van der Waals surface area contributed by atoms with E-state index < -0.39 is 36.7 Å². The molecule has 160 valence electrons. The topological polar surface area (TPSA) is 92.6 Å². The maximum atomic E-state index is 12.9. The third kappa shape index (κ3) is 4.17. The van der Waals surface area contributed by atoms with Crippen LogP contribution in [0.5, 0.6) is 0 Å². The van der Waals surface area contributed by atoms with Gasteiger partial charge < -0.3 is 4.57 Å². The molecule has 0 N–H and O–H groups in total. The van der Waals surface area contributed by atoms with Crippen LogP contribution in [0.25, 0.3) is 0 Å². The molecule has 0 radical (unpaired) electrons. The predicted octanol–water partition coefficient (Wildman–Crippen LogP) is 1.44. The number of halogens is 3. The molecule has 1 saturated heterocycles. The summed E-state index contributed by atoms with van der Waals surface area (Å²) in [6, 6.07) is 3.48. The molecule has 1 aromatic heterocycles. The van der Waals surface area contributed by atoms with E-state index >= 15 is 0 Å². The molecule has 29 heavy (non-hydrogen) atoms. The van der Waals surface area contributed by atoms with Crippen molar-refractivity contribution in [1.29, 1.82) is 0 Å². The van der Waals surface area contributed by atoms with Crippen molar-refractivity contribution in [3.63, 3.8) is 0 Å². The van der Waals surface area contributed by atoms with Crippen molar-refractivity contribution in [2.75, 3.05) is 26.2 Å². The standard InChI is InChI=1S/C16H19F3N4O4S2/c1-12-20-15(11-21(12)2)29(26,27)23-8-6-22(7-9-23)28(24,25)14-5-3-4-13(10-14)16(17,18)19/h3-5,10-11H,6-9H2,1-2H3. The average molecular weight is 452 g/mol.